The first-order valence-corrected chi connectivity index (χ1v) is 6.99. The first-order valence-electron chi connectivity index (χ1n) is 6.99. The molecule has 0 spiro atoms. The molecule has 1 saturated heterocycles. The standard InChI is InChI=1S/C13H22N2O4/c1-2-14(7-9-4-3-5-9)13(19)15-8-10(16)6-11(15)12(17)18/h9-11,16H,2-8H2,1H3,(H,17,18)/t10-,11+/m1/s1. The Bertz CT molecular complexity index is 357. The Kier molecular flexibility index (Phi) is 4.29. The Hall–Kier alpha value is -1.30. The van der Waals surface area contributed by atoms with Gasteiger partial charge in [0.1, 0.15) is 6.04 Å². The van der Waals surface area contributed by atoms with Gasteiger partial charge in [0.05, 0.1) is 6.10 Å². The average Bonchev–Trinajstić information content (AvgIpc) is 2.69. The fourth-order valence-corrected chi connectivity index (χ4v) is 2.77. The number of hydrogen-bond donors (Lipinski definition) is 2. The molecule has 2 rings (SSSR count). The number of aliphatic hydroxyl groups excluding tert-OH is 1. The topological polar surface area (TPSA) is 81.1 Å². The van der Waals surface area contributed by atoms with Gasteiger partial charge in [0.2, 0.25) is 0 Å². The fraction of sp³-hybridized carbons (Fsp3) is 0.846. The number of carbonyl (C=O) groups excluding carboxylic acids is 1. The minimum Gasteiger partial charge on any atom is -0.480 e. The summed E-state index contributed by atoms with van der Waals surface area (Å²) in [5, 5.41) is 18.7. The summed E-state index contributed by atoms with van der Waals surface area (Å²) in [6.07, 6.45) is 2.91. The SMILES string of the molecule is CCN(CC1CCC1)C(=O)N1C[C@H](O)C[C@H]1C(=O)O. The molecule has 1 heterocycles. The number of carbonyl (C=O) groups is 2. The average molecular weight is 270 g/mol. The van der Waals surface area contributed by atoms with Gasteiger partial charge in [-0.05, 0) is 25.7 Å². The zero-order valence-corrected chi connectivity index (χ0v) is 11.3. The van der Waals surface area contributed by atoms with Crippen molar-refractivity contribution in [3.63, 3.8) is 0 Å². The van der Waals surface area contributed by atoms with Crippen LogP contribution in [0.2, 0.25) is 0 Å². The van der Waals surface area contributed by atoms with Crippen LogP contribution in [0.3, 0.4) is 0 Å². The molecule has 2 aliphatic rings. The predicted molar refractivity (Wildman–Crippen MR) is 68.7 cm³/mol. The highest BCUT2D eigenvalue weighted by molar-refractivity contribution is 5.83. The van der Waals surface area contributed by atoms with E-state index in [1.807, 2.05) is 6.92 Å². The first kappa shape index (κ1) is 14.1. The second-order valence-corrected chi connectivity index (χ2v) is 5.51. The van der Waals surface area contributed by atoms with Gasteiger partial charge in [-0.1, -0.05) is 6.42 Å². The molecule has 0 radical (unpaired) electrons. The third-order valence-electron chi connectivity index (χ3n) is 4.17. The van der Waals surface area contributed by atoms with Crippen LogP contribution in [0.4, 0.5) is 4.79 Å². The van der Waals surface area contributed by atoms with E-state index >= 15 is 0 Å². The molecule has 0 aromatic carbocycles. The normalized spacial score (nSPS) is 27.2. The van der Waals surface area contributed by atoms with E-state index in [1.54, 1.807) is 4.90 Å². The largest absolute Gasteiger partial charge is 0.480 e. The van der Waals surface area contributed by atoms with Crippen LogP contribution in [-0.2, 0) is 4.79 Å². The van der Waals surface area contributed by atoms with Gasteiger partial charge >= 0.3 is 12.0 Å². The van der Waals surface area contributed by atoms with Crippen molar-refractivity contribution in [2.24, 2.45) is 5.92 Å². The third kappa shape index (κ3) is 3.00. The Morgan fingerprint density at radius 2 is 2.05 bits per heavy atom. The number of aliphatic hydroxyl groups is 1. The molecule has 2 atom stereocenters. The molecule has 0 bridgehead atoms. The summed E-state index contributed by atoms with van der Waals surface area (Å²) >= 11 is 0. The van der Waals surface area contributed by atoms with Gasteiger partial charge in [0, 0.05) is 26.1 Å². The van der Waals surface area contributed by atoms with Gasteiger partial charge in [0.15, 0.2) is 0 Å². The minimum atomic E-state index is -1.04. The van der Waals surface area contributed by atoms with Crippen molar-refractivity contribution in [1.82, 2.24) is 9.80 Å². The lowest BCUT2D eigenvalue weighted by Gasteiger charge is -2.35. The number of carboxylic acid groups (broad SMARTS) is 1. The van der Waals surface area contributed by atoms with Crippen LogP contribution in [0.1, 0.15) is 32.6 Å². The van der Waals surface area contributed by atoms with Crippen molar-refractivity contribution < 1.29 is 19.8 Å². The van der Waals surface area contributed by atoms with Gasteiger partial charge in [-0.15, -0.1) is 0 Å². The van der Waals surface area contributed by atoms with Crippen molar-refractivity contribution >= 4 is 12.0 Å². The van der Waals surface area contributed by atoms with Crippen molar-refractivity contribution in [1.29, 1.82) is 0 Å². The van der Waals surface area contributed by atoms with Crippen molar-refractivity contribution in [3.05, 3.63) is 0 Å². The molecule has 0 aromatic heterocycles. The van der Waals surface area contributed by atoms with Crippen LogP contribution >= 0.6 is 0 Å². The molecule has 1 aliphatic heterocycles. The van der Waals surface area contributed by atoms with E-state index in [1.165, 1.54) is 11.3 Å². The Morgan fingerprint density at radius 1 is 1.37 bits per heavy atom. The summed E-state index contributed by atoms with van der Waals surface area (Å²) in [6.45, 7) is 3.30. The number of aliphatic carboxylic acids is 1. The van der Waals surface area contributed by atoms with Crippen molar-refractivity contribution in [3.8, 4) is 0 Å². The van der Waals surface area contributed by atoms with Crippen LogP contribution < -0.4 is 0 Å². The maximum atomic E-state index is 12.4. The maximum Gasteiger partial charge on any atom is 0.326 e. The lowest BCUT2D eigenvalue weighted by Crippen LogP contribution is -2.49. The molecule has 2 fully saturated rings. The second-order valence-electron chi connectivity index (χ2n) is 5.51. The number of β-amino-alcohol motifs (C(OH)–C–C–N with tert-alkyl or cyclic N) is 1. The van der Waals surface area contributed by atoms with Gasteiger partial charge in [-0.3, -0.25) is 0 Å². The van der Waals surface area contributed by atoms with E-state index in [0.29, 0.717) is 19.0 Å². The maximum absolute atomic E-state index is 12.4. The minimum absolute atomic E-state index is 0.122. The summed E-state index contributed by atoms with van der Waals surface area (Å²) in [4.78, 5) is 26.5. The molecule has 6 nitrogen and oxygen atoms in total. The van der Waals surface area contributed by atoms with Crippen LogP contribution in [-0.4, -0.2) is 63.8 Å². The summed E-state index contributed by atoms with van der Waals surface area (Å²) < 4.78 is 0. The summed E-state index contributed by atoms with van der Waals surface area (Å²) in [7, 11) is 0. The quantitative estimate of drug-likeness (QED) is 0.790. The highest BCUT2D eigenvalue weighted by Crippen LogP contribution is 2.28. The highest BCUT2D eigenvalue weighted by atomic mass is 16.4. The van der Waals surface area contributed by atoms with Crippen molar-refractivity contribution in [2.75, 3.05) is 19.6 Å². The lowest BCUT2D eigenvalue weighted by molar-refractivity contribution is -0.141. The molecule has 108 valence electrons. The molecule has 6 heteroatoms. The summed E-state index contributed by atoms with van der Waals surface area (Å²) in [5.74, 6) is -0.482. The first-order chi connectivity index (χ1) is 9.02. The van der Waals surface area contributed by atoms with E-state index in [2.05, 4.69) is 0 Å². The summed E-state index contributed by atoms with van der Waals surface area (Å²) in [5.41, 5.74) is 0. The number of hydrogen-bond acceptors (Lipinski definition) is 3. The zero-order valence-electron chi connectivity index (χ0n) is 11.3. The van der Waals surface area contributed by atoms with Crippen LogP contribution in [0.15, 0.2) is 0 Å². The zero-order chi connectivity index (χ0) is 14.0. The Labute approximate surface area is 113 Å². The van der Waals surface area contributed by atoms with E-state index in [-0.39, 0.29) is 19.0 Å². The molecule has 1 aliphatic carbocycles. The lowest BCUT2D eigenvalue weighted by atomic mass is 9.85. The van der Waals surface area contributed by atoms with Gasteiger partial charge in [-0.2, -0.15) is 0 Å². The monoisotopic (exact) mass is 270 g/mol. The molecule has 0 unspecified atom stereocenters. The number of likely N-dealkylation sites (tertiary alicyclic amines) is 1. The smallest absolute Gasteiger partial charge is 0.326 e. The van der Waals surface area contributed by atoms with E-state index in [0.717, 1.165) is 12.8 Å². The van der Waals surface area contributed by atoms with E-state index < -0.39 is 18.1 Å². The molecule has 19 heavy (non-hydrogen) atoms. The molecule has 2 amide bonds. The van der Waals surface area contributed by atoms with E-state index in [9.17, 15) is 14.7 Å². The third-order valence-corrected chi connectivity index (χ3v) is 4.17. The van der Waals surface area contributed by atoms with Gasteiger partial charge in [0.25, 0.3) is 0 Å². The number of urea groups is 1. The summed E-state index contributed by atoms with van der Waals surface area (Å²) in [6, 6.07) is -1.14. The molecule has 0 aromatic rings. The van der Waals surface area contributed by atoms with Gasteiger partial charge in [-0.25, -0.2) is 9.59 Å². The highest BCUT2D eigenvalue weighted by Gasteiger charge is 2.40. The predicted octanol–water partition coefficient (Wildman–Crippen LogP) is 0.748. The van der Waals surface area contributed by atoms with Crippen molar-refractivity contribution in [2.45, 2.75) is 44.8 Å². The van der Waals surface area contributed by atoms with Gasteiger partial charge < -0.3 is 20.0 Å². The fourth-order valence-electron chi connectivity index (χ4n) is 2.77. The number of amides is 2. The number of nitrogens with zero attached hydrogens (tertiary/aromatic N) is 2. The van der Waals surface area contributed by atoms with Crippen LogP contribution in [0.5, 0.6) is 0 Å². The number of rotatable bonds is 4. The molecule has 1 saturated carbocycles. The molecule has 2 N–H and O–H groups in total. The molecular formula is C13H22N2O4. The Morgan fingerprint density at radius 3 is 2.53 bits per heavy atom. The molecular weight excluding hydrogens is 248 g/mol. The Balaban J connectivity index is 2.00. The van der Waals surface area contributed by atoms with E-state index in [4.69, 9.17) is 5.11 Å². The second kappa shape index (κ2) is 5.77. The van der Waals surface area contributed by atoms with Crippen LogP contribution in [0, 0.1) is 5.92 Å². The number of carboxylic acids is 1. The van der Waals surface area contributed by atoms with Crippen LogP contribution in [0.25, 0.3) is 0 Å².